The van der Waals surface area contributed by atoms with E-state index in [1.54, 1.807) is 29.6 Å². The number of carbonyl (C=O) groups excluding carboxylic acids is 1. The van der Waals surface area contributed by atoms with Crippen molar-refractivity contribution >= 4 is 17.5 Å². The third kappa shape index (κ3) is 2.58. The summed E-state index contributed by atoms with van der Waals surface area (Å²) in [6.45, 7) is 5.53. The van der Waals surface area contributed by atoms with Crippen molar-refractivity contribution in [2.24, 2.45) is 5.41 Å². The molecule has 2 aromatic rings. The van der Waals surface area contributed by atoms with Gasteiger partial charge in [0.2, 0.25) is 0 Å². The van der Waals surface area contributed by atoms with Crippen molar-refractivity contribution in [2.75, 3.05) is 42.6 Å². The molecular weight excluding hydrogens is 349 g/mol. The number of ether oxygens (including phenoxy) is 1. The van der Waals surface area contributed by atoms with Crippen LogP contribution in [0, 0.1) is 11.2 Å². The van der Waals surface area contributed by atoms with Gasteiger partial charge in [-0.05, 0) is 19.1 Å². The van der Waals surface area contributed by atoms with Crippen LogP contribution in [0.15, 0.2) is 36.8 Å². The minimum atomic E-state index is -0.364. The molecule has 0 aliphatic carbocycles. The quantitative estimate of drug-likeness (QED) is 0.771. The summed E-state index contributed by atoms with van der Waals surface area (Å²) in [5.74, 6) is 0.942. The van der Waals surface area contributed by atoms with Gasteiger partial charge in [0.05, 0.1) is 17.9 Å². The molecule has 1 atom stereocenters. The van der Waals surface area contributed by atoms with Crippen LogP contribution in [-0.4, -0.2) is 59.7 Å². The number of carbonyl (C=O) groups is 1. The molecule has 5 rings (SSSR count). The van der Waals surface area contributed by atoms with E-state index in [1.807, 2.05) is 11.8 Å². The Kier molecular flexibility index (Phi) is 3.50. The zero-order valence-corrected chi connectivity index (χ0v) is 15.0. The van der Waals surface area contributed by atoms with E-state index in [4.69, 9.17) is 4.74 Å². The van der Waals surface area contributed by atoms with Gasteiger partial charge in [0.15, 0.2) is 0 Å². The maximum absolute atomic E-state index is 13.5. The highest BCUT2D eigenvalue weighted by Crippen LogP contribution is 2.43. The van der Waals surface area contributed by atoms with Crippen molar-refractivity contribution < 1.29 is 13.9 Å². The fourth-order valence-corrected chi connectivity index (χ4v) is 4.25. The van der Waals surface area contributed by atoms with Crippen molar-refractivity contribution in [3.05, 3.63) is 42.6 Å². The highest BCUT2D eigenvalue weighted by Gasteiger charge is 2.54. The number of likely N-dealkylation sites (tertiary alicyclic amines) is 1. The van der Waals surface area contributed by atoms with Gasteiger partial charge in [-0.2, -0.15) is 0 Å². The topological polar surface area (TPSA) is 61.8 Å². The molecule has 1 spiro atoms. The molecule has 4 heterocycles. The molecule has 1 aromatic heterocycles. The standard InChI is InChI=1S/C19H20FN5O2/c1-13-8-27-16-6-14(20)2-3-15(16)25(13)18(26)24-11-19(12-24)9-23(10-19)17-7-21-4-5-22-17/h2-7,13H,8-12H2,1H3. The lowest BCUT2D eigenvalue weighted by molar-refractivity contribution is 0.00854. The van der Waals surface area contributed by atoms with Gasteiger partial charge in [0.1, 0.15) is 24.0 Å². The number of aromatic nitrogens is 2. The molecule has 7 nitrogen and oxygen atoms in total. The Morgan fingerprint density at radius 3 is 2.81 bits per heavy atom. The number of halogens is 1. The molecular formula is C19H20FN5O2. The SMILES string of the molecule is CC1COc2cc(F)ccc2N1C(=O)N1CC2(C1)CN(c1cnccn1)C2. The predicted molar refractivity (Wildman–Crippen MR) is 97.5 cm³/mol. The van der Waals surface area contributed by atoms with Crippen molar-refractivity contribution in [2.45, 2.75) is 13.0 Å². The van der Waals surface area contributed by atoms with Gasteiger partial charge < -0.3 is 14.5 Å². The molecule has 3 aliphatic heterocycles. The lowest BCUT2D eigenvalue weighted by Gasteiger charge is -2.61. The van der Waals surface area contributed by atoms with Crippen LogP contribution < -0.4 is 14.5 Å². The van der Waals surface area contributed by atoms with Crippen LogP contribution in [0.4, 0.5) is 20.7 Å². The van der Waals surface area contributed by atoms with Crippen LogP contribution >= 0.6 is 0 Å². The van der Waals surface area contributed by atoms with Crippen LogP contribution in [0.5, 0.6) is 5.75 Å². The number of rotatable bonds is 1. The average molecular weight is 369 g/mol. The maximum Gasteiger partial charge on any atom is 0.325 e. The largest absolute Gasteiger partial charge is 0.489 e. The summed E-state index contributed by atoms with van der Waals surface area (Å²) in [4.78, 5) is 27.3. The summed E-state index contributed by atoms with van der Waals surface area (Å²) in [5.41, 5.74) is 0.782. The molecule has 0 N–H and O–H groups in total. The normalized spacial score (nSPS) is 22.6. The van der Waals surface area contributed by atoms with Crippen molar-refractivity contribution in [3.8, 4) is 5.75 Å². The number of hydrogen-bond donors (Lipinski definition) is 0. The van der Waals surface area contributed by atoms with Crippen LogP contribution in [0.3, 0.4) is 0 Å². The summed E-state index contributed by atoms with van der Waals surface area (Å²) < 4.78 is 19.1. The fraction of sp³-hybridized carbons (Fsp3) is 0.421. The second kappa shape index (κ2) is 5.80. The lowest BCUT2D eigenvalue weighted by Crippen LogP contribution is -2.74. The van der Waals surface area contributed by atoms with Gasteiger partial charge in [-0.1, -0.05) is 0 Å². The van der Waals surface area contributed by atoms with Crippen molar-refractivity contribution in [1.29, 1.82) is 0 Å². The first-order valence-electron chi connectivity index (χ1n) is 9.06. The first-order valence-corrected chi connectivity index (χ1v) is 9.06. The van der Waals surface area contributed by atoms with E-state index >= 15 is 0 Å². The smallest absolute Gasteiger partial charge is 0.325 e. The Bertz CT molecular complexity index is 879. The number of benzene rings is 1. The summed E-state index contributed by atoms with van der Waals surface area (Å²) in [7, 11) is 0. The van der Waals surface area contributed by atoms with Gasteiger partial charge in [0, 0.05) is 50.1 Å². The fourth-order valence-electron chi connectivity index (χ4n) is 4.25. The molecule has 0 saturated carbocycles. The van der Waals surface area contributed by atoms with E-state index in [-0.39, 0.29) is 23.3 Å². The molecule has 1 aromatic carbocycles. The van der Waals surface area contributed by atoms with Crippen molar-refractivity contribution in [1.82, 2.24) is 14.9 Å². The molecule has 1 unspecified atom stereocenters. The summed E-state index contributed by atoms with van der Waals surface area (Å²) >= 11 is 0. The van der Waals surface area contributed by atoms with Crippen LogP contribution in [0.1, 0.15) is 6.92 Å². The third-order valence-corrected chi connectivity index (χ3v) is 5.56. The number of amides is 2. The van der Waals surface area contributed by atoms with E-state index < -0.39 is 0 Å². The molecule has 2 fully saturated rings. The minimum Gasteiger partial charge on any atom is -0.489 e. The van der Waals surface area contributed by atoms with E-state index in [9.17, 15) is 9.18 Å². The highest BCUT2D eigenvalue weighted by molar-refractivity contribution is 5.95. The Labute approximate surface area is 156 Å². The van der Waals surface area contributed by atoms with E-state index in [0.29, 0.717) is 18.0 Å². The molecule has 140 valence electrons. The molecule has 3 aliphatic rings. The Balaban J connectivity index is 1.26. The molecule has 2 saturated heterocycles. The van der Waals surface area contributed by atoms with Gasteiger partial charge in [-0.3, -0.25) is 9.88 Å². The predicted octanol–water partition coefficient (Wildman–Crippen LogP) is 2.15. The third-order valence-electron chi connectivity index (χ3n) is 5.56. The molecule has 0 radical (unpaired) electrons. The van der Waals surface area contributed by atoms with Gasteiger partial charge in [0.25, 0.3) is 0 Å². The van der Waals surface area contributed by atoms with Gasteiger partial charge in [-0.25, -0.2) is 14.2 Å². The van der Waals surface area contributed by atoms with E-state index in [0.717, 1.165) is 32.0 Å². The molecule has 0 bridgehead atoms. The number of fused-ring (bicyclic) bond motifs is 1. The highest BCUT2D eigenvalue weighted by atomic mass is 19.1. The number of nitrogens with zero attached hydrogens (tertiary/aromatic N) is 5. The Hall–Kier alpha value is -2.90. The van der Waals surface area contributed by atoms with E-state index in [2.05, 4.69) is 14.9 Å². The minimum absolute atomic E-state index is 0.0396. The zero-order chi connectivity index (χ0) is 18.6. The average Bonchev–Trinajstić information content (AvgIpc) is 2.60. The zero-order valence-electron chi connectivity index (χ0n) is 15.0. The Morgan fingerprint density at radius 1 is 1.26 bits per heavy atom. The van der Waals surface area contributed by atoms with Gasteiger partial charge in [-0.15, -0.1) is 0 Å². The number of hydrogen-bond acceptors (Lipinski definition) is 5. The molecule has 2 amide bonds. The molecule has 8 heteroatoms. The number of urea groups is 1. The van der Waals surface area contributed by atoms with Gasteiger partial charge >= 0.3 is 6.03 Å². The number of anilines is 2. The van der Waals surface area contributed by atoms with Crippen LogP contribution in [-0.2, 0) is 0 Å². The Morgan fingerprint density at radius 2 is 2.07 bits per heavy atom. The second-order valence-electron chi connectivity index (χ2n) is 7.70. The van der Waals surface area contributed by atoms with Crippen LogP contribution in [0.2, 0.25) is 0 Å². The van der Waals surface area contributed by atoms with Crippen molar-refractivity contribution in [3.63, 3.8) is 0 Å². The lowest BCUT2D eigenvalue weighted by atomic mass is 9.73. The van der Waals surface area contributed by atoms with E-state index in [1.165, 1.54) is 12.1 Å². The first kappa shape index (κ1) is 16.3. The summed E-state index contributed by atoms with van der Waals surface area (Å²) in [6.07, 6.45) is 5.12. The second-order valence-corrected chi connectivity index (χ2v) is 7.70. The molecule has 27 heavy (non-hydrogen) atoms. The first-order chi connectivity index (χ1) is 13.0. The monoisotopic (exact) mass is 369 g/mol. The maximum atomic E-state index is 13.5. The summed E-state index contributed by atoms with van der Waals surface area (Å²) in [6, 6.07) is 4.19. The summed E-state index contributed by atoms with van der Waals surface area (Å²) in [5, 5.41) is 0. The van der Waals surface area contributed by atoms with Crippen LogP contribution in [0.25, 0.3) is 0 Å².